The number of carbonyl (C=O) groups is 1. The summed E-state index contributed by atoms with van der Waals surface area (Å²) in [6.07, 6.45) is 32.1. The van der Waals surface area contributed by atoms with Gasteiger partial charge in [0.15, 0.2) is 0 Å². The van der Waals surface area contributed by atoms with Crippen molar-refractivity contribution >= 4 is 5.91 Å². The first-order valence-corrected chi connectivity index (χ1v) is 10.4. The molecular formula is C24H39NO2. The minimum absolute atomic E-state index is 0.00630. The van der Waals surface area contributed by atoms with Gasteiger partial charge in [0.1, 0.15) is 0 Å². The van der Waals surface area contributed by atoms with Crippen LogP contribution in [0.2, 0.25) is 0 Å². The molecule has 27 heavy (non-hydrogen) atoms. The Kier molecular flexibility index (Phi) is 20.6. The van der Waals surface area contributed by atoms with E-state index in [0.717, 1.165) is 32.1 Å². The van der Waals surface area contributed by atoms with E-state index in [2.05, 4.69) is 66.9 Å². The number of unbranched alkanes of at least 4 members (excludes halogenated alkanes) is 3. The van der Waals surface area contributed by atoms with Crippen LogP contribution in [0.5, 0.6) is 0 Å². The highest BCUT2D eigenvalue weighted by Gasteiger charge is 1.96. The van der Waals surface area contributed by atoms with E-state index in [1.165, 1.54) is 25.7 Å². The van der Waals surface area contributed by atoms with Crippen molar-refractivity contribution in [1.82, 2.24) is 5.32 Å². The van der Waals surface area contributed by atoms with Crippen molar-refractivity contribution in [2.24, 2.45) is 0 Å². The van der Waals surface area contributed by atoms with E-state index >= 15 is 0 Å². The smallest absolute Gasteiger partial charge is 0.220 e. The molecule has 0 spiro atoms. The zero-order valence-electron chi connectivity index (χ0n) is 17.1. The van der Waals surface area contributed by atoms with Crippen molar-refractivity contribution in [2.75, 3.05) is 13.2 Å². The first-order valence-electron chi connectivity index (χ1n) is 10.4. The van der Waals surface area contributed by atoms with Crippen LogP contribution in [0.1, 0.15) is 71.1 Å². The molecule has 0 atom stereocenters. The van der Waals surface area contributed by atoms with Crippen molar-refractivity contribution in [3.05, 3.63) is 60.8 Å². The number of hydrogen-bond donors (Lipinski definition) is 2. The number of aliphatic hydroxyl groups is 1. The average molecular weight is 374 g/mol. The number of rotatable bonds is 17. The minimum Gasteiger partial charge on any atom is -0.395 e. The lowest BCUT2D eigenvalue weighted by atomic mass is 10.2. The van der Waals surface area contributed by atoms with Crippen molar-refractivity contribution in [3.63, 3.8) is 0 Å². The monoisotopic (exact) mass is 373 g/mol. The zero-order chi connectivity index (χ0) is 19.8. The molecule has 0 unspecified atom stereocenters. The third-order valence-electron chi connectivity index (χ3n) is 3.87. The SMILES string of the molecule is CCCCC/C=C\C/C=C\C/C=C\C/C=C\C/C=C\CCC(=O)NCCO. The van der Waals surface area contributed by atoms with E-state index in [1.54, 1.807) is 0 Å². The Morgan fingerprint density at radius 1 is 0.741 bits per heavy atom. The predicted octanol–water partition coefficient (Wildman–Crippen LogP) is 5.80. The molecule has 2 N–H and O–H groups in total. The number of aliphatic hydroxyl groups excluding tert-OH is 1. The molecule has 1 amide bonds. The van der Waals surface area contributed by atoms with Gasteiger partial charge in [-0.15, -0.1) is 0 Å². The normalized spacial score (nSPS) is 12.5. The molecular weight excluding hydrogens is 334 g/mol. The third kappa shape index (κ3) is 22.1. The van der Waals surface area contributed by atoms with Crippen LogP contribution in [0.25, 0.3) is 0 Å². The highest BCUT2D eigenvalue weighted by molar-refractivity contribution is 5.75. The van der Waals surface area contributed by atoms with Crippen LogP contribution >= 0.6 is 0 Å². The largest absolute Gasteiger partial charge is 0.395 e. The van der Waals surface area contributed by atoms with Gasteiger partial charge in [-0.3, -0.25) is 4.79 Å². The summed E-state index contributed by atoms with van der Waals surface area (Å²) < 4.78 is 0. The van der Waals surface area contributed by atoms with Crippen molar-refractivity contribution in [3.8, 4) is 0 Å². The highest BCUT2D eigenvalue weighted by atomic mass is 16.3. The Labute approximate surface area is 166 Å². The standard InChI is InChI=1S/C24H39NO2/c1-2-3-4-5-6-7-8-9-10-11-12-13-14-15-16-17-18-19-20-21-24(27)25-22-23-26/h6-7,9-10,12-13,15-16,18-19,26H,2-5,8,11,14,17,20-23H2,1H3,(H,25,27)/b7-6-,10-9-,13-12-,16-15-,19-18-. The van der Waals surface area contributed by atoms with E-state index in [-0.39, 0.29) is 12.5 Å². The number of amides is 1. The summed E-state index contributed by atoms with van der Waals surface area (Å²) in [4.78, 5) is 11.3. The van der Waals surface area contributed by atoms with E-state index in [1.807, 2.05) is 6.08 Å². The maximum absolute atomic E-state index is 11.3. The molecule has 3 nitrogen and oxygen atoms in total. The summed E-state index contributed by atoms with van der Waals surface area (Å²) in [5.74, 6) is -0.00794. The van der Waals surface area contributed by atoms with Crippen LogP contribution in [-0.4, -0.2) is 24.2 Å². The van der Waals surface area contributed by atoms with Crippen molar-refractivity contribution < 1.29 is 9.90 Å². The fourth-order valence-electron chi connectivity index (χ4n) is 2.33. The fourth-order valence-corrected chi connectivity index (χ4v) is 2.33. The van der Waals surface area contributed by atoms with E-state index in [0.29, 0.717) is 13.0 Å². The molecule has 3 heteroatoms. The van der Waals surface area contributed by atoms with Crippen LogP contribution < -0.4 is 5.32 Å². The number of carbonyl (C=O) groups excluding carboxylic acids is 1. The van der Waals surface area contributed by atoms with E-state index < -0.39 is 0 Å². The maximum atomic E-state index is 11.3. The maximum Gasteiger partial charge on any atom is 0.220 e. The molecule has 0 fully saturated rings. The fraction of sp³-hybridized carbons (Fsp3) is 0.542. The molecule has 0 saturated carbocycles. The Bertz CT molecular complexity index is 473. The minimum atomic E-state index is -0.00794. The second-order valence-corrected chi connectivity index (χ2v) is 6.41. The van der Waals surface area contributed by atoms with Gasteiger partial charge in [-0.05, 0) is 44.9 Å². The molecule has 0 saturated heterocycles. The topological polar surface area (TPSA) is 49.3 Å². The van der Waals surface area contributed by atoms with Crippen LogP contribution in [0.3, 0.4) is 0 Å². The van der Waals surface area contributed by atoms with Gasteiger partial charge in [-0.25, -0.2) is 0 Å². The van der Waals surface area contributed by atoms with Gasteiger partial charge >= 0.3 is 0 Å². The lowest BCUT2D eigenvalue weighted by Gasteiger charge is -1.99. The second-order valence-electron chi connectivity index (χ2n) is 6.41. The number of hydrogen-bond acceptors (Lipinski definition) is 2. The molecule has 0 heterocycles. The summed E-state index contributed by atoms with van der Waals surface area (Å²) in [7, 11) is 0. The summed E-state index contributed by atoms with van der Waals surface area (Å²) in [6.45, 7) is 2.57. The Balaban J connectivity index is 3.50. The van der Waals surface area contributed by atoms with Gasteiger partial charge < -0.3 is 10.4 Å². The molecule has 0 aliphatic heterocycles. The summed E-state index contributed by atoms with van der Waals surface area (Å²) in [5, 5.41) is 11.2. The van der Waals surface area contributed by atoms with E-state index in [4.69, 9.17) is 5.11 Å². The highest BCUT2D eigenvalue weighted by Crippen LogP contribution is 2.01. The van der Waals surface area contributed by atoms with Crippen molar-refractivity contribution in [2.45, 2.75) is 71.1 Å². The molecule has 0 rings (SSSR count). The van der Waals surface area contributed by atoms with Gasteiger partial charge in [0, 0.05) is 13.0 Å². The Morgan fingerprint density at radius 2 is 1.22 bits per heavy atom. The van der Waals surface area contributed by atoms with Gasteiger partial charge in [-0.2, -0.15) is 0 Å². The molecule has 0 aromatic rings. The first-order chi connectivity index (χ1) is 13.3. The predicted molar refractivity (Wildman–Crippen MR) is 118 cm³/mol. The second kappa shape index (κ2) is 22.2. The molecule has 0 aliphatic rings. The quantitative estimate of drug-likeness (QED) is 0.250. The van der Waals surface area contributed by atoms with Crippen molar-refractivity contribution in [1.29, 1.82) is 0 Å². The molecule has 0 radical (unpaired) electrons. The molecule has 0 aromatic carbocycles. The first kappa shape index (κ1) is 25.1. The summed E-state index contributed by atoms with van der Waals surface area (Å²) >= 11 is 0. The Morgan fingerprint density at radius 3 is 1.70 bits per heavy atom. The molecule has 0 aromatic heterocycles. The average Bonchev–Trinajstić information content (AvgIpc) is 2.68. The van der Waals surface area contributed by atoms with Gasteiger partial charge in [-0.1, -0.05) is 80.5 Å². The third-order valence-corrected chi connectivity index (χ3v) is 3.87. The Hall–Kier alpha value is -1.87. The van der Waals surface area contributed by atoms with Gasteiger partial charge in [0.05, 0.1) is 6.61 Å². The lowest BCUT2D eigenvalue weighted by Crippen LogP contribution is -2.25. The van der Waals surface area contributed by atoms with E-state index in [9.17, 15) is 4.79 Å². The number of allylic oxidation sites excluding steroid dienone is 10. The lowest BCUT2D eigenvalue weighted by molar-refractivity contribution is -0.121. The summed E-state index contributed by atoms with van der Waals surface area (Å²) in [5.41, 5.74) is 0. The van der Waals surface area contributed by atoms with Crippen LogP contribution in [0.4, 0.5) is 0 Å². The van der Waals surface area contributed by atoms with Crippen LogP contribution in [0.15, 0.2) is 60.8 Å². The molecule has 0 aliphatic carbocycles. The summed E-state index contributed by atoms with van der Waals surface area (Å²) in [6, 6.07) is 0. The zero-order valence-corrected chi connectivity index (χ0v) is 17.1. The van der Waals surface area contributed by atoms with Crippen LogP contribution in [-0.2, 0) is 4.79 Å². The van der Waals surface area contributed by atoms with Gasteiger partial charge in [0.2, 0.25) is 5.91 Å². The van der Waals surface area contributed by atoms with Gasteiger partial charge in [0.25, 0.3) is 0 Å². The van der Waals surface area contributed by atoms with Crippen LogP contribution in [0, 0.1) is 0 Å². The number of nitrogens with one attached hydrogen (secondary N) is 1. The molecule has 0 bridgehead atoms. The molecule has 152 valence electrons.